The smallest absolute Gasteiger partial charge is 0.230 e. The summed E-state index contributed by atoms with van der Waals surface area (Å²) in [5.41, 5.74) is 9.99. The topological polar surface area (TPSA) is 68.0 Å². The highest BCUT2D eigenvalue weighted by Crippen LogP contribution is 2.16. The lowest BCUT2D eigenvalue weighted by molar-refractivity contribution is -0.115. The van der Waals surface area contributed by atoms with Gasteiger partial charge in [0.15, 0.2) is 0 Å². The van der Waals surface area contributed by atoms with Crippen LogP contribution in [-0.2, 0) is 11.2 Å². The molecule has 1 heterocycles. The summed E-state index contributed by atoms with van der Waals surface area (Å²) in [7, 11) is 0. The number of nitrogens with zero attached hydrogens (tertiary/aromatic N) is 1. The van der Waals surface area contributed by atoms with Crippen LogP contribution < -0.4 is 11.1 Å². The number of nitrogens with two attached hydrogens (primary N) is 1. The monoisotopic (exact) mass is 291 g/mol. The number of hydrogen-bond donors (Lipinski definition) is 2. The zero-order chi connectivity index (χ0) is 15.5. The molecule has 0 aliphatic rings. The number of nitrogens with one attached hydrogen (secondary N) is 1. The molecule has 0 spiro atoms. The summed E-state index contributed by atoms with van der Waals surface area (Å²) in [6, 6.07) is 17.1. The number of nitrogen functional groups attached to an aromatic ring is 1. The predicted octanol–water partition coefficient (Wildman–Crippen LogP) is 3.31. The molecule has 0 atom stereocenters. The first kappa shape index (κ1) is 14.1. The van der Waals surface area contributed by atoms with Crippen molar-refractivity contribution in [3.8, 4) is 0 Å². The van der Waals surface area contributed by atoms with E-state index in [9.17, 15) is 4.79 Å². The van der Waals surface area contributed by atoms with Crippen molar-refractivity contribution in [3.63, 3.8) is 0 Å². The maximum Gasteiger partial charge on any atom is 0.230 e. The molecule has 1 aromatic heterocycles. The molecular formula is C18H17N3O. The first-order valence-corrected chi connectivity index (χ1v) is 7.12. The third kappa shape index (κ3) is 3.23. The average Bonchev–Trinajstić information content (AvgIpc) is 2.50. The van der Waals surface area contributed by atoms with E-state index in [1.165, 1.54) is 0 Å². The predicted molar refractivity (Wildman–Crippen MR) is 89.7 cm³/mol. The fraction of sp³-hybridized carbons (Fsp3) is 0.111. The summed E-state index contributed by atoms with van der Waals surface area (Å²) >= 11 is 0. The van der Waals surface area contributed by atoms with Crippen LogP contribution in [0, 0.1) is 6.92 Å². The number of carbonyl (C=O) groups excluding carboxylic acids is 1. The summed E-state index contributed by atoms with van der Waals surface area (Å²) in [6.45, 7) is 2.01. The third-order valence-corrected chi connectivity index (χ3v) is 3.45. The largest absolute Gasteiger partial charge is 0.399 e. The van der Waals surface area contributed by atoms with E-state index in [0.29, 0.717) is 5.69 Å². The molecule has 0 bridgehead atoms. The molecular weight excluding hydrogens is 274 g/mol. The number of aromatic nitrogens is 1. The zero-order valence-corrected chi connectivity index (χ0v) is 12.3. The van der Waals surface area contributed by atoms with Gasteiger partial charge in [-0.1, -0.05) is 23.8 Å². The Hall–Kier alpha value is -2.88. The lowest BCUT2D eigenvalue weighted by Crippen LogP contribution is -2.15. The standard InChI is InChI=1S/C18H17N3O/c1-12-2-6-15(7-3-12)21-18(22)11-16-8-4-13-10-14(19)5-9-17(13)20-16/h2-10H,11,19H2,1H3,(H,21,22). The quantitative estimate of drug-likeness (QED) is 0.727. The zero-order valence-electron chi connectivity index (χ0n) is 12.3. The van der Waals surface area contributed by atoms with Gasteiger partial charge in [-0.15, -0.1) is 0 Å². The lowest BCUT2D eigenvalue weighted by atomic mass is 10.1. The van der Waals surface area contributed by atoms with Crippen LogP contribution in [0.15, 0.2) is 54.6 Å². The second kappa shape index (κ2) is 5.85. The van der Waals surface area contributed by atoms with Crippen molar-refractivity contribution in [2.24, 2.45) is 0 Å². The molecule has 0 unspecified atom stereocenters. The number of aryl methyl sites for hydroxylation is 1. The number of amides is 1. The maximum absolute atomic E-state index is 12.1. The average molecular weight is 291 g/mol. The van der Waals surface area contributed by atoms with Crippen LogP contribution in [0.1, 0.15) is 11.3 Å². The lowest BCUT2D eigenvalue weighted by Gasteiger charge is -2.06. The van der Waals surface area contributed by atoms with Crippen LogP contribution in [0.4, 0.5) is 11.4 Å². The van der Waals surface area contributed by atoms with Gasteiger partial charge in [-0.2, -0.15) is 0 Å². The number of hydrogen-bond acceptors (Lipinski definition) is 3. The van der Waals surface area contributed by atoms with Crippen LogP contribution in [0.25, 0.3) is 10.9 Å². The number of rotatable bonds is 3. The molecule has 3 aromatic rings. The van der Waals surface area contributed by atoms with E-state index in [0.717, 1.165) is 27.8 Å². The number of benzene rings is 2. The van der Waals surface area contributed by atoms with Crippen LogP contribution in [0.5, 0.6) is 0 Å². The molecule has 3 N–H and O–H groups in total. The van der Waals surface area contributed by atoms with Crippen molar-refractivity contribution in [1.82, 2.24) is 4.98 Å². The van der Waals surface area contributed by atoms with Crippen molar-refractivity contribution < 1.29 is 4.79 Å². The first-order chi connectivity index (χ1) is 10.6. The minimum Gasteiger partial charge on any atom is -0.399 e. The van der Waals surface area contributed by atoms with Gasteiger partial charge in [-0.3, -0.25) is 9.78 Å². The fourth-order valence-corrected chi connectivity index (χ4v) is 2.29. The molecule has 1 amide bonds. The number of anilines is 2. The van der Waals surface area contributed by atoms with Crippen molar-refractivity contribution >= 4 is 28.2 Å². The number of carbonyl (C=O) groups is 1. The Balaban J connectivity index is 1.73. The fourth-order valence-electron chi connectivity index (χ4n) is 2.29. The molecule has 0 aliphatic carbocycles. The number of pyridine rings is 1. The van der Waals surface area contributed by atoms with E-state index < -0.39 is 0 Å². The minimum absolute atomic E-state index is 0.0776. The van der Waals surface area contributed by atoms with Gasteiger partial charge < -0.3 is 11.1 Å². The second-order valence-electron chi connectivity index (χ2n) is 5.35. The van der Waals surface area contributed by atoms with E-state index in [4.69, 9.17) is 5.73 Å². The highest BCUT2D eigenvalue weighted by molar-refractivity contribution is 5.92. The molecule has 3 rings (SSSR count). The molecule has 4 nitrogen and oxygen atoms in total. The van der Waals surface area contributed by atoms with Crippen molar-refractivity contribution in [2.75, 3.05) is 11.1 Å². The summed E-state index contributed by atoms with van der Waals surface area (Å²) in [4.78, 5) is 16.6. The second-order valence-corrected chi connectivity index (χ2v) is 5.35. The Kier molecular flexibility index (Phi) is 3.74. The Labute approximate surface area is 129 Å². The van der Waals surface area contributed by atoms with Crippen LogP contribution in [-0.4, -0.2) is 10.9 Å². The number of fused-ring (bicyclic) bond motifs is 1. The molecule has 22 heavy (non-hydrogen) atoms. The van der Waals surface area contributed by atoms with Crippen LogP contribution in [0.3, 0.4) is 0 Å². The Morgan fingerprint density at radius 1 is 1.09 bits per heavy atom. The Morgan fingerprint density at radius 2 is 1.86 bits per heavy atom. The minimum atomic E-state index is -0.0776. The van der Waals surface area contributed by atoms with Gasteiger partial charge in [0.25, 0.3) is 0 Å². The normalized spacial score (nSPS) is 10.6. The van der Waals surface area contributed by atoms with Gasteiger partial charge in [0.1, 0.15) is 0 Å². The van der Waals surface area contributed by atoms with E-state index in [2.05, 4.69) is 10.3 Å². The van der Waals surface area contributed by atoms with Crippen molar-refractivity contribution in [2.45, 2.75) is 13.3 Å². The maximum atomic E-state index is 12.1. The molecule has 2 aromatic carbocycles. The Morgan fingerprint density at radius 3 is 2.64 bits per heavy atom. The summed E-state index contributed by atoms with van der Waals surface area (Å²) in [6.07, 6.45) is 0.244. The van der Waals surface area contributed by atoms with Gasteiger partial charge in [0.2, 0.25) is 5.91 Å². The molecule has 110 valence electrons. The molecule has 4 heteroatoms. The molecule has 0 saturated carbocycles. The first-order valence-electron chi connectivity index (χ1n) is 7.12. The van der Waals surface area contributed by atoms with Gasteiger partial charge in [0.05, 0.1) is 17.6 Å². The van der Waals surface area contributed by atoms with Gasteiger partial charge in [0, 0.05) is 16.8 Å². The van der Waals surface area contributed by atoms with Gasteiger partial charge in [-0.25, -0.2) is 0 Å². The molecule has 0 radical (unpaired) electrons. The van der Waals surface area contributed by atoms with Crippen LogP contribution in [0.2, 0.25) is 0 Å². The summed E-state index contributed by atoms with van der Waals surface area (Å²) in [5.74, 6) is -0.0776. The Bertz CT molecular complexity index is 825. The van der Waals surface area contributed by atoms with Gasteiger partial charge in [-0.05, 0) is 43.3 Å². The van der Waals surface area contributed by atoms with E-state index in [1.54, 1.807) is 0 Å². The summed E-state index contributed by atoms with van der Waals surface area (Å²) in [5, 5.41) is 3.85. The van der Waals surface area contributed by atoms with Crippen molar-refractivity contribution in [3.05, 3.63) is 65.9 Å². The van der Waals surface area contributed by atoms with Crippen molar-refractivity contribution in [1.29, 1.82) is 0 Å². The van der Waals surface area contributed by atoms with Gasteiger partial charge >= 0.3 is 0 Å². The van der Waals surface area contributed by atoms with E-state index in [-0.39, 0.29) is 12.3 Å². The SMILES string of the molecule is Cc1ccc(NC(=O)Cc2ccc3cc(N)ccc3n2)cc1. The third-order valence-electron chi connectivity index (χ3n) is 3.45. The highest BCUT2D eigenvalue weighted by atomic mass is 16.1. The summed E-state index contributed by atoms with van der Waals surface area (Å²) < 4.78 is 0. The molecule has 0 fully saturated rings. The highest BCUT2D eigenvalue weighted by Gasteiger charge is 2.06. The van der Waals surface area contributed by atoms with E-state index in [1.807, 2.05) is 61.5 Å². The van der Waals surface area contributed by atoms with Crippen LogP contribution >= 0.6 is 0 Å². The molecule has 0 aliphatic heterocycles. The molecule has 0 saturated heterocycles. The van der Waals surface area contributed by atoms with E-state index >= 15 is 0 Å².